The normalized spacial score (nSPS) is 24.8. The van der Waals surface area contributed by atoms with Crippen LogP contribution >= 0.6 is 12.4 Å². The molecule has 6 nitrogen and oxygen atoms in total. The van der Waals surface area contributed by atoms with E-state index in [2.05, 4.69) is 20.2 Å². The molecule has 0 radical (unpaired) electrons. The second kappa shape index (κ2) is 5.79. The third-order valence-corrected chi connectivity index (χ3v) is 3.76. The first-order valence-electron chi connectivity index (χ1n) is 6.23. The van der Waals surface area contributed by atoms with Gasteiger partial charge >= 0.3 is 0 Å². The maximum absolute atomic E-state index is 5.18. The van der Waals surface area contributed by atoms with E-state index in [-0.39, 0.29) is 12.4 Å². The lowest BCUT2D eigenvalue weighted by atomic mass is 10.0. The summed E-state index contributed by atoms with van der Waals surface area (Å²) in [6.07, 6.45) is 0. The third kappa shape index (κ3) is 2.69. The zero-order valence-electron chi connectivity index (χ0n) is 11.1. The van der Waals surface area contributed by atoms with Crippen LogP contribution in [-0.2, 0) is 0 Å². The molecule has 0 saturated carbocycles. The molecule has 1 N–H and O–H groups in total. The van der Waals surface area contributed by atoms with Crippen molar-refractivity contribution in [2.45, 2.75) is 0 Å². The molecule has 0 aliphatic carbocycles. The molecule has 2 atom stereocenters. The predicted molar refractivity (Wildman–Crippen MR) is 74.4 cm³/mol. The van der Waals surface area contributed by atoms with Crippen LogP contribution in [0.1, 0.15) is 0 Å². The van der Waals surface area contributed by atoms with E-state index in [1.165, 1.54) is 0 Å². The first-order chi connectivity index (χ1) is 8.80. The summed E-state index contributed by atoms with van der Waals surface area (Å²) in [5, 5.41) is 3.42. The standard InChI is InChI=1S/C12H18N4O2.ClH/c1-17-10-3-11(18-2)15-12(14-10)16-6-8-4-13-5-9(8)7-16;/h3,8-9,13H,4-7H2,1-2H3;1H. The summed E-state index contributed by atoms with van der Waals surface area (Å²) in [4.78, 5) is 11.0. The highest BCUT2D eigenvalue weighted by Crippen LogP contribution is 2.30. The molecule has 2 unspecified atom stereocenters. The molecule has 1 aromatic rings. The Morgan fingerprint density at radius 2 is 1.63 bits per heavy atom. The summed E-state index contributed by atoms with van der Waals surface area (Å²) in [6.45, 7) is 4.21. The van der Waals surface area contributed by atoms with Gasteiger partial charge in [-0.1, -0.05) is 0 Å². The highest BCUT2D eigenvalue weighted by molar-refractivity contribution is 5.85. The molecular formula is C12H19ClN4O2. The van der Waals surface area contributed by atoms with E-state index in [4.69, 9.17) is 9.47 Å². The molecule has 1 aromatic heterocycles. The molecule has 0 amide bonds. The minimum absolute atomic E-state index is 0. The van der Waals surface area contributed by atoms with Crippen molar-refractivity contribution in [1.29, 1.82) is 0 Å². The summed E-state index contributed by atoms with van der Waals surface area (Å²) in [5.41, 5.74) is 0. The fourth-order valence-electron chi connectivity index (χ4n) is 2.76. The van der Waals surface area contributed by atoms with Crippen LogP contribution in [-0.4, -0.2) is 50.4 Å². The van der Waals surface area contributed by atoms with Crippen molar-refractivity contribution >= 4 is 18.4 Å². The lowest BCUT2D eigenvalue weighted by molar-refractivity contribution is 0.371. The van der Waals surface area contributed by atoms with Gasteiger partial charge in [0.2, 0.25) is 17.7 Å². The molecule has 3 heterocycles. The minimum atomic E-state index is 0. The van der Waals surface area contributed by atoms with E-state index >= 15 is 0 Å². The molecule has 3 rings (SSSR count). The molecule has 106 valence electrons. The summed E-state index contributed by atoms with van der Waals surface area (Å²) in [7, 11) is 3.21. The summed E-state index contributed by atoms with van der Waals surface area (Å²) in [5.74, 6) is 3.23. The lowest BCUT2D eigenvalue weighted by Crippen LogP contribution is -2.27. The van der Waals surface area contributed by atoms with Gasteiger partial charge in [-0.3, -0.25) is 0 Å². The zero-order chi connectivity index (χ0) is 12.5. The van der Waals surface area contributed by atoms with Crippen LogP contribution in [0, 0.1) is 11.8 Å². The van der Waals surface area contributed by atoms with Gasteiger partial charge in [0.15, 0.2) is 0 Å². The van der Waals surface area contributed by atoms with Crippen molar-refractivity contribution in [3.05, 3.63) is 6.07 Å². The van der Waals surface area contributed by atoms with Gasteiger partial charge in [0.05, 0.1) is 20.3 Å². The number of ether oxygens (including phenoxy) is 2. The summed E-state index contributed by atoms with van der Waals surface area (Å²) >= 11 is 0. The first kappa shape index (κ1) is 14.1. The van der Waals surface area contributed by atoms with Crippen LogP contribution in [0.3, 0.4) is 0 Å². The van der Waals surface area contributed by atoms with Crippen LogP contribution < -0.4 is 19.7 Å². The molecule has 0 spiro atoms. The van der Waals surface area contributed by atoms with Gasteiger partial charge in [-0.25, -0.2) is 0 Å². The number of halogens is 1. The first-order valence-corrected chi connectivity index (χ1v) is 6.23. The molecule has 2 aliphatic heterocycles. The van der Waals surface area contributed by atoms with Crippen LogP contribution in [0.4, 0.5) is 5.95 Å². The van der Waals surface area contributed by atoms with Crippen LogP contribution in [0.25, 0.3) is 0 Å². The van der Waals surface area contributed by atoms with Crippen molar-refractivity contribution in [3.63, 3.8) is 0 Å². The average Bonchev–Trinajstić information content (AvgIpc) is 2.98. The Morgan fingerprint density at radius 1 is 1.11 bits per heavy atom. The zero-order valence-corrected chi connectivity index (χ0v) is 11.9. The predicted octanol–water partition coefficient (Wildman–Crippen LogP) is 0.571. The quantitative estimate of drug-likeness (QED) is 0.877. The van der Waals surface area contributed by atoms with Crippen molar-refractivity contribution in [1.82, 2.24) is 15.3 Å². The number of nitrogens with one attached hydrogen (secondary N) is 1. The number of rotatable bonds is 3. The van der Waals surface area contributed by atoms with Gasteiger partial charge < -0.3 is 19.7 Å². The molecule has 2 saturated heterocycles. The van der Waals surface area contributed by atoms with Gasteiger partial charge in [-0.2, -0.15) is 9.97 Å². The monoisotopic (exact) mass is 286 g/mol. The smallest absolute Gasteiger partial charge is 0.231 e. The Hall–Kier alpha value is -1.27. The highest BCUT2D eigenvalue weighted by Gasteiger charge is 2.37. The summed E-state index contributed by atoms with van der Waals surface area (Å²) < 4.78 is 10.4. The van der Waals surface area contributed by atoms with Crippen molar-refractivity contribution in [3.8, 4) is 11.8 Å². The maximum atomic E-state index is 5.18. The third-order valence-electron chi connectivity index (χ3n) is 3.76. The number of hydrogen-bond acceptors (Lipinski definition) is 6. The SMILES string of the molecule is COc1cc(OC)nc(N2CC3CNCC3C2)n1.Cl. The van der Waals surface area contributed by atoms with Crippen LogP contribution in [0.15, 0.2) is 6.07 Å². The Kier molecular flexibility index (Phi) is 4.31. The van der Waals surface area contributed by atoms with Crippen molar-refractivity contribution in [2.75, 3.05) is 45.3 Å². The molecule has 19 heavy (non-hydrogen) atoms. The van der Waals surface area contributed by atoms with E-state index in [9.17, 15) is 0 Å². The Bertz CT molecular complexity index is 411. The van der Waals surface area contributed by atoms with Gasteiger partial charge in [0.1, 0.15) is 0 Å². The van der Waals surface area contributed by atoms with Crippen LogP contribution in [0.2, 0.25) is 0 Å². The van der Waals surface area contributed by atoms with E-state index in [1.807, 2.05) is 0 Å². The molecule has 7 heteroatoms. The van der Waals surface area contributed by atoms with Crippen molar-refractivity contribution < 1.29 is 9.47 Å². The Morgan fingerprint density at radius 3 is 2.11 bits per heavy atom. The van der Waals surface area contributed by atoms with Gasteiger partial charge in [0.25, 0.3) is 0 Å². The van der Waals surface area contributed by atoms with Gasteiger partial charge in [-0.05, 0) is 11.8 Å². The van der Waals surface area contributed by atoms with E-state index < -0.39 is 0 Å². The Labute approximate surface area is 118 Å². The van der Waals surface area contributed by atoms with E-state index in [1.54, 1.807) is 20.3 Å². The van der Waals surface area contributed by atoms with E-state index in [0.29, 0.717) is 29.5 Å². The lowest BCUT2D eigenvalue weighted by Gasteiger charge is -2.18. The highest BCUT2D eigenvalue weighted by atomic mass is 35.5. The number of anilines is 1. The molecule has 2 fully saturated rings. The van der Waals surface area contributed by atoms with E-state index in [0.717, 1.165) is 26.2 Å². The minimum Gasteiger partial charge on any atom is -0.481 e. The second-order valence-corrected chi connectivity index (χ2v) is 4.84. The molecule has 0 bridgehead atoms. The Balaban J connectivity index is 0.00000133. The number of fused-ring (bicyclic) bond motifs is 1. The summed E-state index contributed by atoms with van der Waals surface area (Å²) in [6, 6.07) is 1.70. The largest absolute Gasteiger partial charge is 0.481 e. The second-order valence-electron chi connectivity index (χ2n) is 4.84. The molecular weight excluding hydrogens is 268 g/mol. The fraction of sp³-hybridized carbons (Fsp3) is 0.667. The van der Waals surface area contributed by atoms with Gasteiger partial charge in [-0.15, -0.1) is 12.4 Å². The molecule has 0 aromatic carbocycles. The number of hydrogen-bond donors (Lipinski definition) is 1. The number of nitrogens with zero attached hydrogens (tertiary/aromatic N) is 3. The number of aromatic nitrogens is 2. The maximum Gasteiger partial charge on any atom is 0.231 e. The van der Waals surface area contributed by atoms with Crippen molar-refractivity contribution in [2.24, 2.45) is 11.8 Å². The fourth-order valence-corrected chi connectivity index (χ4v) is 2.76. The number of methoxy groups -OCH3 is 2. The van der Waals surface area contributed by atoms with Gasteiger partial charge in [0, 0.05) is 26.2 Å². The topological polar surface area (TPSA) is 59.5 Å². The van der Waals surface area contributed by atoms with Crippen LogP contribution in [0.5, 0.6) is 11.8 Å². The average molecular weight is 287 g/mol. The molecule has 2 aliphatic rings.